The first kappa shape index (κ1) is 16.7. The Labute approximate surface area is 127 Å². The van der Waals surface area contributed by atoms with Gasteiger partial charge < -0.3 is 15.8 Å². The molecule has 1 aromatic carbocycles. The highest BCUT2D eigenvalue weighted by molar-refractivity contribution is 8.00. The maximum absolute atomic E-state index is 11.6. The van der Waals surface area contributed by atoms with Crippen LogP contribution in [0.4, 0.5) is 5.69 Å². The van der Waals surface area contributed by atoms with E-state index in [1.54, 1.807) is 18.2 Å². The molecule has 0 saturated heterocycles. The maximum atomic E-state index is 11.6. The molecule has 0 heterocycles. The number of nitrogens with one attached hydrogen (secondary N) is 1. The number of ether oxygens (including phenoxy) is 1. The van der Waals surface area contributed by atoms with Crippen LogP contribution in [0.2, 0.25) is 5.02 Å². The van der Waals surface area contributed by atoms with Gasteiger partial charge in [-0.3, -0.25) is 9.59 Å². The number of rotatable bonds is 7. The molecule has 0 aliphatic carbocycles. The number of anilines is 1. The van der Waals surface area contributed by atoms with E-state index in [0.717, 1.165) is 4.90 Å². The van der Waals surface area contributed by atoms with Gasteiger partial charge in [0.1, 0.15) is 0 Å². The van der Waals surface area contributed by atoms with Crippen molar-refractivity contribution in [3.63, 3.8) is 0 Å². The Morgan fingerprint density at radius 1 is 1.45 bits per heavy atom. The first-order valence-corrected chi connectivity index (χ1v) is 7.40. The van der Waals surface area contributed by atoms with Gasteiger partial charge in [0.2, 0.25) is 5.91 Å². The van der Waals surface area contributed by atoms with Gasteiger partial charge in [-0.25, -0.2) is 0 Å². The molecule has 110 valence electrons. The molecule has 0 spiro atoms. The number of methoxy groups -OCH3 is 1. The molecule has 0 bridgehead atoms. The quantitative estimate of drug-likeness (QED) is 0.348. The predicted molar refractivity (Wildman–Crippen MR) is 80.8 cm³/mol. The Bertz CT molecular complexity index is 483. The summed E-state index contributed by atoms with van der Waals surface area (Å²) in [4.78, 5) is 23.3. The number of esters is 1. The van der Waals surface area contributed by atoms with E-state index >= 15 is 0 Å². The summed E-state index contributed by atoms with van der Waals surface area (Å²) < 4.78 is 4.50. The van der Waals surface area contributed by atoms with Crippen molar-refractivity contribution in [2.24, 2.45) is 0 Å². The number of halogens is 1. The minimum absolute atomic E-state index is 0.103. The first-order valence-electron chi connectivity index (χ1n) is 6.04. The van der Waals surface area contributed by atoms with E-state index in [-0.39, 0.29) is 17.6 Å². The lowest BCUT2D eigenvalue weighted by atomic mass is 10.3. The molecule has 0 saturated carbocycles. The zero-order chi connectivity index (χ0) is 15.0. The third-order valence-corrected chi connectivity index (χ3v) is 3.76. The van der Waals surface area contributed by atoms with Gasteiger partial charge >= 0.3 is 5.97 Å². The summed E-state index contributed by atoms with van der Waals surface area (Å²) in [5.74, 6) is -0.110. The Morgan fingerprint density at radius 2 is 2.20 bits per heavy atom. The van der Waals surface area contributed by atoms with Crippen molar-refractivity contribution in [2.75, 3.05) is 25.1 Å². The van der Waals surface area contributed by atoms with Crippen LogP contribution in [-0.2, 0) is 14.3 Å². The molecular weight excluding hydrogens is 300 g/mol. The van der Waals surface area contributed by atoms with Crippen LogP contribution in [-0.4, -0.2) is 31.3 Å². The summed E-state index contributed by atoms with van der Waals surface area (Å²) >= 11 is 7.14. The van der Waals surface area contributed by atoms with E-state index in [1.807, 2.05) is 0 Å². The number of hydrogen-bond donors (Lipinski definition) is 2. The molecule has 7 heteroatoms. The molecule has 0 fully saturated rings. The second kappa shape index (κ2) is 8.71. The number of benzene rings is 1. The van der Waals surface area contributed by atoms with Crippen molar-refractivity contribution < 1.29 is 14.3 Å². The fraction of sp³-hybridized carbons (Fsp3) is 0.385. The Hall–Kier alpha value is -1.40. The van der Waals surface area contributed by atoms with Crippen molar-refractivity contribution in [1.29, 1.82) is 0 Å². The number of nitrogen functional groups attached to an aromatic ring is 1. The molecule has 0 unspecified atom stereocenters. The lowest BCUT2D eigenvalue weighted by molar-refractivity contribution is -0.140. The maximum Gasteiger partial charge on any atom is 0.305 e. The SMILES string of the molecule is COC(=O)CCCNC(=O)CSc1ccc(Cl)cc1N. The van der Waals surface area contributed by atoms with E-state index in [0.29, 0.717) is 30.1 Å². The zero-order valence-electron chi connectivity index (χ0n) is 11.1. The third-order valence-electron chi connectivity index (χ3n) is 2.44. The van der Waals surface area contributed by atoms with Crippen LogP contribution in [0, 0.1) is 0 Å². The molecule has 0 aliphatic heterocycles. The summed E-state index contributed by atoms with van der Waals surface area (Å²) in [5.41, 5.74) is 6.35. The van der Waals surface area contributed by atoms with Gasteiger partial charge in [-0.05, 0) is 24.6 Å². The van der Waals surface area contributed by atoms with E-state index in [4.69, 9.17) is 17.3 Å². The minimum Gasteiger partial charge on any atom is -0.469 e. The van der Waals surface area contributed by atoms with Crippen molar-refractivity contribution in [2.45, 2.75) is 17.7 Å². The van der Waals surface area contributed by atoms with Crippen molar-refractivity contribution >= 4 is 40.9 Å². The number of thioether (sulfide) groups is 1. The van der Waals surface area contributed by atoms with Crippen LogP contribution >= 0.6 is 23.4 Å². The van der Waals surface area contributed by atoms with Gasteiger partial charge in [0.15, 0.2) is 0 Å². The van der Waals surface area contributed by atoms with Gasteiger partial charge in [0.25, 0.3) is 0 Å². The average Bonchev–Trinajstić information content (AvgIpc) is 2.42. The molecule has 0 atom stereocenters. The molecular formula is C13H17ClN2O3S. The summed E-state index contributed by atoms with van der Waals surface area (Å²) in [6.07, 6.45) is 0.861. The van der Waals surface area contributed by atoms with E-state index in [1.165, 1.54) is 18.9 Å². The number of carbonyl (C=O) groups is 2. The van der Waals surface area contributed by atoms with Gasteiger partial charge in [-0.1, -0.05) is 11.6 Å². The molecule has 20 heavy (non-hydrogen) atoms. The molecule has 5 nitrogen and oxygen atoms in total. The van der Waals surface area contributed by atoms with Crippen LogP contribution in [0.15, 0.2) is 23.1 Å². The number of amides is 1. The van der Waals surface area contributed by atoms with Crippen molar-refractivity contribution in [1.82, 2.24) is 5.32 Å². The lowest BCUT2D eigenvalue weighted by Crippen LogP contribution is -2.26. The average molecular weight is 317 g/mol. The van der Waals surface area contributed by atoms with Crippen LogP contribution in [0.1, 0.15) is 12.8 Å². The topological polar surface area (TPSA) is 81.4 Å². The minimum atomic E-state index is -0.275. The van der Waals surface area contributed by atoms with Gasteiger partial charge in [0, 0.05) is 28.6 Å². The van der Waals surface area contributed by atoms with E-state index < -0.39 is 0 Å². The van der Waals surface area contributed by atoms with Crippen LogP contribution in [0.5, 0.6) is 0 Å². The zero-order valence-corrected chi connectivity index (χ0v) is 12.7. The third kappa shape index (κ3) is 6.16. The van der Waals surface area contributed by atoms with E-state index in [2.05, 4.69) is 10.1 Å². The molecule has 0 aliphatic rings. The molecule has 0 aromatic heterocycles. The smallest absolute Gasteiger partial charge is 0.305 e. The molecule has 1 rings (SSSR count). The Kier molecular flexibility index (Phi) is 7.25. The van der Waals surface area contributed by atoms with E-state index in [9.17, 15) is 9.59 Å². The van der Waals surface area contributed by atoms with Gasteiger partial charge in [-0.15, -0.1) is 11.8 Å². The second-order valence-corrected chi connectivity index (χ2v) is 5.45. The largest absolute Gasteiger partial charge is 0.469 e. The second-order valence-electron chi connectivity index (χ2n) is 4.00. The predicted octanol–water partition coefficient (Wildman–Crippen LogP) is 2.08. The summed E-state index contributed by atoms with van der Waals surface area (Å²) in [7, 11) is 1.34. The number of hydrogen-bond acceptors (Lipinski definition) is 5. The monoisotopic (exact) mass is 316 g/mol. The van der Waals surface area contributed by atoms with Crippen LogP contribution in [0.25, 0.3) is 0 Å². The van der Waals surface area contributed by atoms with Crippen molar-refractivity contribution in [3.05, 3.63) is 23.2 Å². The Morgan fingerprint density at radius 3 is 2.85 bits per heavy atom. The van der Waals surface area contributed by atoms with Crippen LogP contribution < -0.4 is 11.1 Å². The first-order chi connectivity index (χ1) is 9.52. The van der Waals surface area contributed by atoms with Crippen LogP contribution in [0.3, 0.4) is 0 Å². The summed E-state index contributed by atoms with van der Waals surface area (Å²) in [6.45, 7) is 0.449. The van der Waals surface area contributed by atoms with Gasteiger partial charge in [0.05, 0.1) is 12.9 Å². The Balaban J connectivity index is 2.24. The highest BCUT2D eigenvalue weighted by Crippen LogP contribution is 2.27. The number of nitrogens with two attached hydrogens (primary N) is 1. The van der Waals surface area contributed by atoms with Crippen molar-refractivity contribution in [3.8, 4) is 0 Å². The summed E-state index contributed by atoms with van der Waals surface area (Å²) in [6, 6.07) is 5.17. The fourth-order valence-electron chi connectivity index (χ4n) is 1.41. The molecule has 3 N–H and O–H groups in total. The fourth-order valence-corrected chi connectivity index (χ4v) is 2.37. The molecule has 0 radical (unpaired) electrons. The van der Waals surface area contributed by atoms with Gasteiger partial charge in [-0.2, -0.15) is 0 Å². The molecule has 1 amide bonds. The lowest BCUT2D eigenvalue weighted by Gasteiger charge is -2.07. The number of carbonyl (C=O) groups excluding carboxylic acids is 2. The normalized spacial score (nSPS) is 10.1. The summed E-state index contributed by atoms with van der Waals surface area (Å²) in [5, 5.41) is 3.30. The highest BCUT2D eigenvalue weighted by atomic mass is 35.5. The highest BCUT2D eigenvalue weighted by Gasteiger charge is 2.06. The molecule has 1 aromatic rings. The standard InChI is InChI=1S/C13H17ClN2O3S/c1-19-13(18)3-2-6-16-12(17)8-20-11-5-4-9(14)7-10(11)15/h4-5,7H,2-3,6,8,15H2,1H3,(H,16,17).